The van der Waals surface area contributed by atoms with Crippen molar-refractivity contribution in [3.8, 4) is 0 Å². The average molecular weight is 253 g/mol. The number of rotatable bonds is 2. The van der Waals surface area contributed by atoms with Gasteiger partial charge in [-0.25, -0.2) is 0 Å². The molecule has 0 atom stereocenters. The van der Waals surface area contributed by atoms with Crippen molar-refractivity contribution in [3.63, 3.8) is 0 Å². The first-order valence-electron chi connectivity index (χ1n) is 4.19. The van der Waals surface area contributed by atoms with E-state index in [0.29, 0.717) is 0 Å². The van der Waals surface area contributed by atoms with Crippen molar-refractivity contribution in [2.45, 2.75) is 6.54 Å². The maximum absolute atomic E-state index is 10.8. The van der Waals surface area contributed by atoms with Gasteiger partial charge in [0, 0.05) is 21.6 Å². The van der Waals surface area contributed by atoms with Crippen molar-refractivity contribution in [1.29, 1.82) is 0 Å². The molecule has 1 amide bonds. The Morgan fingerprint density at radius 1 is 1.43 bits per heavy atom. The molecule has 0 aliphatic rings. The number of hydrogen-bond donors (Lipinski definition) is 1. The Hall–Kier alpha value is -1.29. The number of carbonyl (C=O) groups excluding carboxylic acids is 1. The fourth-order valence-corrected chi connectivity index (χ4v) is 1.86. The molecule has 1 heterocycles. The quantitative estimate of drug-likeness (QED) is 0.872. The second-order valence-electron chi connectivity index (χ2n) is 3.11. The summed E-state index contributed by atoms with van der Waals surface area (Å²) in [5.41, 5.74) is 6.16. The normalized spacial score (nSPS) is 10.6. The molecule has 0 aliphatic carbocycles. The van der Waals surface area contributed by atoms with E-state index in [2.05, 4.69) is 15.9 Å². The maximum Gasteiger partial charge on any atom is 0.237 e. The van der Waals surface area contributed by atoms with Crippen LogP contribution in [0.15, 0.2) is 34.9 Å². The van der Waals surface area contributed by atoms with Gasteiger partial charge in [-0.1, -0.05) is 15.9 Å². The predicted octanol–water partition coefficient (Wildman–Crippen LogP) is 1.89. The van der Waals surface area contributed by atoms with E-state index < -0.39 is 0 Å². The molecule has 2 N–H and O–H groups in total. The molecule has 2 rings (SSSR count). The molecule has 0 spiro atoms. The van der Waals surface area contributed by atoms with Crippen molar-refractivity contribution in [2.75, 3.05) is 0 Å². The third-order valence-electron chi connectivity index (χ3n) is 2.06. The van der Waals surface area contributed by atoms with Crippen LogP contribution in [0.1, 0.15) is 0 Å². The summed E-state index contributed by atoms with van der Waals surface area (Å²) in [6, 6.07) is 7.87. The number of nitrogens with zero attached hydrogens (tertiary/aromatic N) is 1. The molecule has 1 aromatic heterocycles. The number of halogens is 1. The lowest BCUT2D eigenvalue weighted by Crippen LogP contribution is -2.17. The standard InChI is InChI=1S/C10H9BrN2O/c11-8-1-2-9-7(5-8)3-4-13(9)6-10(12)14/h1-5H,6H2,(H2,12,14). The van der Waals surface area contributed by atoms with Gasteiger partial charge in [0.05, 0.1) is 0 Å². The van der Waals surface area contributed by atoms with Crippen LogP contribution in [0, 0.1) is 0 Å². The van der Waals surface area contributed by atoms with Crippen LogP contribution >= 0.6 is 15.9 Å². The Morgan fingerprint density at radius 3 is 2.93 bits per heavy atom. The minimum Gasteiger partial charge on any atom is -0.368 e. The molecule has 0 bridgehead atoms. The highest BCUT2D eigenvalue weighted by atomic mass is 79.9. The molecule has 4 heteroatoms. The van der Waals surface area contributed by atoms with E-state index in [9.17, 15) is 4.79 Å². The second kappa shape index (κ2) is 3.46. The van der Waals surface area contributed by atoms with Gasteiger partial charge >= 0.3 is 0 Å². The predicted molar refractivity (Wildman–Crippen MR) is 58.8 cm³/mol. The number of fused-ring (bicyclic) bond motifs is 1. The van der Waals surface area contributed by atoms with Gasteiger partial charge in [0.1, 0.15) is 6.54 Å². The molecule has 0 saturated heterocycles. The number of benzene rings is 1. The van der Waals surface area contributed by atoms with Crippen LogP contribution < -0.4 is 5.73 Å². The van der Waals surface area contributed by atoms with Gasteiger partial charge in [-0.2, -0.15) is 0 Å². The van der Waals surface area contributed by atoms with Crippen molar-refractivity contribution in [2.24, 2.45) is 5.73 Å². The topological polar surface area (TPSA) is 48.0 Å². The fourth-order valence-electron chi connectivity index (χ4n) is 1.48. The van der Waals surface area contributed by atoms with Crippen LogP contribution in [0.25, 0.3) is 10.9 Å². The number of hydrogen-bond acceptors (Lipinski definition) is 1. The number of amides is 1. The average Bonchev–Trinajstić information content (AvgIpc) is 2.47. The van der Waals surface area contributed by atoms with Gasteiger partial charge in [0.2, 0.25) is 5.91 Å². The Kier molecular flexibility index (Phi) is 2.29. The van der Waals surface area contributed by atoms with Crippen LogP contribution in [0.5, 0.6) is 0 Å². The van der Waals surface area contributed by atoms with E-state index in [1.807, 2.05) is 35.0 Å². The van der Waals surface area contributed by atoms with Gasteiger partial charge < -0.3 is 10.3 Å². The lowest BCUT2D eigenvalue weighted by atomic mass is 10.2. The summed E-state index contributed by atoms with van der Waals surface area (Å²) in [7, 11) is 0. The maximum atomic E-state index is 10.8. The van der Waals surface area contributed by atoms with E-state index in [-0.39, 0.29) is 12.5 Å². The molecule has 0 unspecified atom stereocenters. The number of nitrogens with two attached hydrogens (primary N) is 1. The zero-order chi connectivity index (χ0) is 10.1. The molecule has 72 valence electrons. The minimum absolute atomic E-state index is 0.227. The molecule has 0 fully saturated rings. The summed E-state index contributed by atoms with van der Waals surface area (Å²) >= 11 is 3.39. The summed E-state index contributed by atoms with van der Waals surface area (Å²) in [6.45, 7) is 0.227. The first-order valence-corrected chi connectivity index (χ1v) is 4.99. The highest BCUT2D eigenvalue weighted by molar-refractivity contribution is 9.10. The smallest absolute Gasteiger partial charge is 0.237 e. The van der Waals surface area contributed by atoms with E-state index >= 15 is 0 Å². The Labute approximate surface area is 89.6 Å². The summed E-state index contributed by atoms with van der Waals surface area (Å²) in [4.78, 5) is 10.8. The SMILES string of the molecule is NC(=O)Cn1ccc2cc(Br)ccc21. The van der Waals surface area contributed by atoms with Gasteiger partial charge in [-0.05, 0) is 24.3 Å². The summed E-state index contributed by atoms with van der Waals surface area (Å²) in [6.07, 6.45) is 1.86. The van der Waals surface area contributed by atoms with Crippen LogP contribution in [0.2, 0.25) is 0 Å². The molecule has 0 aliphatic heterocycles. The lowest BCUT2D eigenvalue weighted by molar-refractivity contribution is -0.118. The molecular weight excluding hydrogens is 244 g/mol. The summed E-state index contributed by atoms with van der Waals surface area (Å²) < 4.78 is 2.87. The first kappa shape index (κ1) is 9.27. The Bertz CT molecular complexity index is 490. The van der Waals surface area contributed by atoms with Gasteiger partial charge in [0.15, 0.2) is 0 Å². The molecule has 1 aromatic carbocycles. The van der Waals surface area contributed by atoms with Gasteiger partial charge in [0.25, 0.3) is 0 Å². The number of primary amides is 1. The lowest BCUT2D eigenvalue weighted by Gasteiger charge is -2.01. The highest BCUT2D eigenvalue weighted by Crippen LogP contribution is 2.20. The third kappa shape index (κ3) is 1.65. The highest BCUT2D eigenvalue weighted by Gasteiger charge is 2.02. The van der Waals surface area contributed by atoms with Crippen LogP contribution in [-0.2, 0) is 11.3 Å². The van der Waals surface area contributed by atoms with Crippen LogP contribution in [-0.4, -0.2) is 10.5 Å². The molecule has 14 heavy (non-hydrogen) atoms. The van der Waals surface area contributed by atoms with Crippen molar-refractivity contribution in [3.05, 3.63) is 34.9 Å². The van der Waals surface area contributed by atoms with Crippen molar-refractivity contribution < 1.29 is 4.79 Å². The minimum atomic E-state index is -0.328. The van der Waals surface area contributed by atoms with Crippen LogP contribution in [0.3, 0.4) is 0 Å². The number of carbonyl (C=O) groups is 1. The molecule has 3 nitrogen and oxygen atoms in total. The van der Waals surface area contributed by atoms with Gasteiger partial charge in [-0.15, -0.1) is 0 Å². The third-order valence-corrected chi connectivity index (χ3v) is 2.55. The van der Waals surface area contributed by atoms with E-state index in [4.69, 9.17) is 5.73 Å². The number of aromatic nitrogens is 1. The summed E-state index contributed by atoms with van der Waals surface area (Å²) in [5.74, 6) is -0.328. The second-order valence-corrected chi connectivity index (χ2v) is 4.03. The Morgan fingerprint density at radius 2 is 2.21 bits per heavy atom. The first-order chi connectivity index (χ1) is 6.66. The monoisotopic (exact) mass is 252 g/mol. The molecule has 0 saturated carbocycles. The zero-order valence-corrected chi connectivity index (χ0v) is 8.99. The van der Waals surface area contributed by atoms with E-state index in [0.717, 1.165) is 15.4 Å². The molecule has 2 aromatic rings. The van der Waals surface area contributed by atoms with E-state index in [1.54, 1.807) is 0 Å². The van der Waals surface area contributed by atoms with Gasteiger partial charge in [-0.3, -0.25) is 4.79 Å². The molecular formula is C10H9BrN2O. The fraction of sp³-hybridized carbons (Fsp3) is 0.100. The zero-order valence-electron chi connectivity index (χ0n) is 7.40. The molecule has 0 radical (unpaired) electrons. The van der Waals surface area contributed by atoms with E-state index in [1.165, 1.54) is 0 Å². The van der Waals surface area contributed by atoms with Crippen molar-refractivity contribution in [1.82, 2.24) is 4.57 Å². The van der Waals surface area contributed by atoms with Crippen LogP contribution in [0.4, 0.5) is 0 Å². The van der Waals surface area contributed by atoms with Crippen molar-refractivity contribution >= 4 is 32.7 Å². The summed E-state index contributed by atoms with van der Waals surface area (Å²) in [5, 5.41) is 1.10. The Balaban J connectivity index is 2.52. The largest absolute Gasteiger partial charge is 0.368 e.